The Kier molecular flexibility index (Phi) is 6.93. The summed E-state index contributed by atoms with van der Waals surface area (Å²) in [5.74, 6) is 0.219. The van der Waals surface area contributed by atoms with E-state index in [2.05, 4.69) is 0 Å². The van der Waals surface area contributed by atoms with Crippen LogP contribution in [0.25, 0.3) is 0 Å². The number of carbonyl (C=O) groups excluding carboxylic acids is 2. The normalized spacial score (nSPS) is 25.3. The smallest absolute Gasteiger partial charge is 0.254 e. The van der Waals surface area contributed by atoms with Gasteiger partial charge in [0.05, 0.1) is 5.75 Å². The van der Waals surface area contributed by atoms with Crippen LogP contribution >= 0.6 is 0 Å². The largest absolute Gasteiger partial charge is 0.338 e. The second-order valence-electron chi connectivity index (χ2n) is 9.91. The van der Waals surface area contributed by atoms with Gasteiger partial charge in [0.15, 0.2) is 0 Å². The van der Waals surface area contributed by atoms with Gasteiger partial charge in [-0.3, -0.25) is 9.59 Å². The number of rotatable bonds is 5. The molecule has 186 valence electrons. The van der Waals surface area contributed by atoms with Crippen molar-refractivity contribution in [3.05, 3.63) is 71.8 Å². The number of hydrogen-bond acceptors (Lipinski definition) is 4. The predicted octanol–water partition coefficient (Wildman–Crippen LogP) is 3.13. The van der Waals surface area contributed by atoms with Gasteiger partial charge in [-0.15, -0.1) is 0 Å². The van der Waals surface area contributed by atoms with Gasteiger partial charge in [-0.05, 0) is 42.9 Å². The minimum absolute atomic E-state index is 0.0346. The van der Waals surface area contributed by atoms with E-state index in [-0.39, 0.29) is 36.7 Å². The summed E-state index contributed by atoms with van der Waals surface area (Å²) in [7, 11) is -3.45. The number of carbonyl (C=O) groups is 2. The number of fused-ring (bicyclic) bond motifs is 1. The first-order valence-electron chi connectivity index (χ1n) is 12.6. The fourth-order valence-electron chi connectivity index (χ4n) is 5.98. The molecular weight excluding hydrogens is 462 g/mol. The van der Waals surface area contributed by atoms with Gasteiger partial charge in [-0.25, -0.2) is 8.42 Å². The summed E-state index contributed by atoms with van der Waals surface area (Å²) < 4.78 is 27.3. The molecule has 0 aromatic heterocycles. The zero-order valence-corrected chi connectivity index (χ0v) is 20.8. The zero-order chi connectivity index (χ0) is 24.4. The van der Waals surface area contributed by atoms with Crippen LogP contribution in [-0.2, 0) is 20.6 Å². The molecule has 0 radical (unpaired) electrons. The van der Waals surface area contributed by atoms with Crippen molar-refractivity contribution in [2.75, 3.05) is 26.2 Å². The van der Waals surface area contributed by atoms with Crippen molar-refractivity contribution in [2.24, 2.45) is 5.92 Å². The maximum absolute atomic E-state index is 13.7. The van der Waals surface area contributed by atoms with Gasteiger partial charge in [0.1, 0.15) is 6.04 Å². The average molecular weight is 496 g/mol. The Bertz CT molecular complexity index is 1150. The molecule has 0 spiro atoms. The number of sulfonamides is 1. The number of hydrogen-bond donors (Lipinski definition) is 0. The topological polar surface area (TPSA) is 78.0 Å². The Labute approximate surface area is 207 Å². The quantitative estimate of drug-likeness (QED) is 0.639. The van der Waals surface area contributed by atoms with Crippen LogP contribution in [-0.4, -0.2) is 72.6 Å². The van der Waals surface area contributed by atoms with E-state index < -0.39 is 16.1 Å². The maximum atomic E-state index is 13.7. The molecule has 5 rings (SSSR count). The lowest BCUT2D eigenvalue weighted by Crippen LogP contribution is -2.56. The number of benzene rings is 2. The molecule has 2 aliphatic heterocycles. The number of amides is 2. The first-order chi connectivity index (χ1) is 16.9. The van der Waals surface area contributed by atoms with Crippen molar-refractivity contribution in [1.82, 2.24) is 14.1 Å². The highest BCUT2D eigenvalue weighted by atomic mass is 32.2. The van der Waals surface area contributed by atoms with Gasteiger partial charge in [-0.2, -0.15) is 4.31 Å². The molecule has 2 aromatic carbocycles. The third-order valence-electron chi connectivity index (χ3n) is 7.76. The lowest BCUT2D eigenvalue weighted by atomic mass is 9.84. The summed E-state index contributed by atoms with van der Waals surface area (Å²) in [6, 6.07) is 18.0. The van der Waals surface area contributed by atoms with Crippen LogP contribution in [0.2, 0.25) is 0 Å². The van der Waals surface area contributed by atoms with Crippen molar-refractivity contribution in [3.8, 4) is 0 Å². The van der Waals surface area contributed by atoms with Crippen molar-refractivity contribution in [1.29, 1.82) is 0 Å². The van der Waals surface area contributed by atoms with Crippen molar-refractivity contribution < 1.29 is 18.0 Å². The SMILES string of the molecule is O=C(C1CC2CCCCC2N1C(=O)c1ccccc1)N1CCN(S(=O)(=O)Cc2ccccc2)CC1. The van der Waals surface area contributed by atoms with E-state index in [1.165, 1.54) is 4.31 Å². The first-order valence-corrected chi connectivity index (χ1v) is 14.2. The monoisotopic (exact) mass is 495 g/mol. The zero-order valence-electron chi connectivity index (χ0n) is 20.0. The van der Waals surface area contributed by atoms with Crippen LogP contribution in [0, 0.1) is 5.92 Å². The minimum atomic E-state index is -3.45. The molecule has 1 aliphatic carbocycles. The molecule has 3 aliphatic rings. The highest BCUT2D eigenvalue weighted by molar-refractivity contribution is 7.88. The van der Waals surface area contributed by atoms with E-state index in [0.717, 1.165) is 31.2 Å². The first kappa shape index (κ1) is 24.0. The molecular formula is C27H33N3O4S. The molecule has 3 fully saturated rings. The lowest BCUT2D eigenvalue weighted by molar-refractivity contribution is -0.136. The van der Waals surface area contributed by atoms with Gasteiger partial charge in [0, 0.05) is 37.8 Å². The summed E-state index contributed by atoms with van der Waals surface area (Å²) in [6.07, 6.45) is 4.93. The van der Waals surface area contributed by atoms with Crippen LogP contribution in [0.15, 0.2) is 60.7 Å². The Balaban J connectivity index is 1.28. The van der Waals surface area contributed by atoms with Crippen molar-refractivity contribution >= 4 is 21.8 Å². The van der Waals surface area contributed by atoms with E-state index in [1.807, 2.05) is 65.6 Å². The summed E-state index contributed by atoms with van der Waals surface area (Å²) in [5, 5.41) is 0. The third-order valence-corrected chi connectivity index (χ3v) is 9.61. The third kappa shape index (κ3) is 5.00. The molecule has 0 bridgehead atoms. The molecule has 3 unspecified atom stereocenters. The van der Waals surface area contributed by atoms with Crippen LogP contribution in [0.4, 0.5) is 0 Å². The molecule has 3 atom stereocenters. The minimum Gasteiger partial charge on any atom is -0.338 e. The van der Waals surface area contributed by atoms with Gasteiger partial charge in [0.2, 0.25) is 15.9 Å². The Morgan fingerprint density at radius 2 is 1.46 bits per heavy atom. The molecule has 2 amide bonds. The Morgan fingerprint density at radius 3 is 2.14 bits per heavy atom. The predicted molar refractivity (Wildman–Crippen MR) is 134 cm³/mol. The fraction of sp³-hybridized carbons (Fsp3) is 0.481. The van der Waals surface area contributed by atoms with Crippen LogP contribution in [0.1, 0.15) is 48.0 Å². The molecule has 8 heteroatoms. The molecule has 7 nitrogen and oxygen atoms in total. The van der Waals surface area contributed by atoms with E-state index >= 15 is 0 Å². The van der Waals surface area contributed by atoms with E-state index in [1.54, 1.807) is 4.90 Å². The van der Waals surface area contributed by atoms with Gasteiger partial charge in [0.25, 0.3) is 5.91 Å². The van der Waals surface area contributed by atoms with Crippen LogP contribution in [0.3, 0.4) is 0 Å². The molecule has 2 saturated heterocycles. The summed E-state index contributed by atoms with van der Waals surface area (Å²) in [5.41, 5.74) is 1.38. The average Bonchev–Trinajstić information content (AvgIpc) is 3.28. The standard InChI is InChI=1S/C27H33N3O4S/c31-26(22-11-5-2-6-12-22)30-24-14-8-7-13-23(24)19-25(30)27(32)28-15-17-29(18-16-28)35(33,34)20-21-9-3-1-4-10-21/h1-6,9-12,23-25H,7-8,13-20H2. The number of piperazine rings is 1. The highest BCUT2D eigenvalue weighted by Gasteiger charge is 2.49. The molecule has 35 heavy (non-hydrogen) atoms. The molecule has 1 saturated carbocycles. The second kappa shape index (κ2) is 10.1. The van der Waals surface area contributed by atoms with E-state index in [4.69, 9.17) is 0 Å². The Morgan fingerprint density at radius 1 is 0.829 bits per heavy atom. The number of likely N-dealkylation sites (tertiary alicyclic amines) is 1. The molecule has 2 heterocycles. The van der Waals surface area contributed by atoms with Gasteiger partial charge >= 0.3 is 0 Å². The van der Waals surface area contributed by atoms with Gasteiger partial charge in [-0.1, -0.05) is 61.4 Å². The van der Waals surface area contributed by atoms with E-state index in [9.17, 15) is 18.0 Å². The number of nitrogens with zero attached hydrogens (tertiary/aromatic N) is 3. The Hall–Kier alpha value is -2.71. The molecule has 0 N–H and O–H groups in total. The van der Waals surface area contributed by atoms with Gasteiger partial charge < -0.3 is 9.80 Å². The summed E-state index contributed by atoms with van der Waals surface area (Å²) >= 11 is 0. The van der Waals surface area contributed by atoms with Crippen LogP contribution in [0.5, 0.6) is 0 Å². The van der Waals surface area contributed by atoms with Crippen molar-refractivity contribution in [2.45, 2.75) is 49.9 Å². The fourth-order valence-corrected chi connectivity index (χ4v) is 7.49. The second-order valence-corrected chi connectivity index (χ2v) is 11.9. The van der Waals surface area contributed by atoms with E-state index in [0.29, 0.717) is 31.0 Å². The van der Waals surface area contributed by atoms with Crippen LogP contribution < -0.4 is 0 Å². The summed E-state index contributed by atoms with van der Waals surface area (Å²) in [4.78, 5) is 30.9. The molecule has 2 aromatic rings. The highest BCUT2D eigenvalue weighted by Crippen LogP contribution is 2.41. The summed E-state index contributed by atoms with van der Waals surface area (Å²) in [6.45, 7) is 1.28. The lowest BCUT2D eigenvalue weighted by Gasteiger charge is -2.38. The van der Waals surface area contributed by atoms with Crippen molar-refractivity contribution in [3.63, 3.8) is 0 Å². The maximum Gasteiger partial charge on any atom is 0.254 e.